The summed E-state index contributed by atoms with van der Waals surface area (Å²) in [5.41, 5.74) is 2.30. The van der Waals surface area contributed by atoms with E-state index in [1.165, 1.54) is 7.11 Å². The molecular formula is C15H17NO2. The molecule has 1 aromatic heterocycles. The van der Waals surface area contributed by atoms with E-state index >= 15 is 0 Å². The molecule has 0 aliphatic carbocycles. The summed E-state index contributed by atoms with van der Waals surface area (Å²) in [5, 5.41) is 0. The Morgan fingerprint density at radius 2 is 1.83 bits per heavy atom. The van der Waals surface area contributed by atoms with Gasteiger partial charge in [-0.2, -0.15) is 0 Å². The van der Waals surface area contributed by atoms with Crippen LogP contribution in [0.3, 0.4) is 0 Å². The number of methoxy groups -OCH3 is 1. The Balaban J connectivity index is 0.000000771. The second-order valence-electron chi connectivity index (χ2n) is 3.28. The van der Waals surface area contributed by atoms with Crippen LogP contribution in [0.1, 0.15) is 24.2 Å². The third kappa shape index (κ3) is 3.17. The van der Waals surface area contributed by atoms with Gasteiger partial charge in [-0.1, -0.05) is 38.1 Å². The van der Waals surface area contributed by atoms with Crippen LogP contribution in [0.4, 0.5) is 0 Å². The highest BCUT2D eigenvalue weighted by atomic mass is 16.5. The Bertz CT molecular complexity index is 495. The first kappa shape index (κ1) is 13.9. The molecule has 2 aromatic rings. The smallest absolute Gasteiger partial charge is 0.338 e. The molecule has 2 rings (SSSR count). The Hall–Kier alpha value is -2.16. The fourth-order valence-electron chi connectivity index (χ4n) is 1.54. The van der Waals surface area contributed by atoms with Crippen LogP contribution in [0.25, 0.3) is 11.1 Å². The summed E-state index contributed by atoms with van der Waals surface area (Å²) >= 11 is 0. The first-order chi connectivity index (χ1) is 8.83. The fourth-order valence-corrected chi connectivity index (χ4v) is 1.54. The molecule has 94 valence electrons. The monoisotopic (exact) mass is 243 g/mol. The van der Waals surface area contributed by atoms with Gasteiger partial charge >= 0.3 is 5.97 Å². The number of hydrogen-bond acceptors (Lipinski definition) is 3. The van der Waals surface area contributed by atoms with Crippen LogP contribution in [0, 0.1) is 0 Å². The van der Waals surface area contributed by atoms with Crippen molar-refractivity contribution in [1.29, 1.82) is 0 Å². The Labute approximate surface area is 107 Å². The van der Waals surface area contributed by atoms with Crippen molar-refractivity contribution in [2.24, 2.45) is 0 Å². The second kappa shape index (κ2) is 7.22. The number of rotatable bonds is 2. The zero-order valence-electron chi connectivity index (χ0n) is 10.9. The van der Waals surface area contributed by atoms with Gasteiger partial charge < -0.3 is 4.74 Å². The number of nitrogens with zero attached hydrogens (tertiary/aromatic N) is 1. The lowest BCUT2D eigenvalue weighted by Gasteiger charge is -2.06. The van der Waals surface area contributed by atoms with Crippen molar-refractivity contribution in [3.63, 3.8) is 0 Å². The molecule has 0 radical (unpaired) electrons. The van der Waals surface area contributed by atoms with Crippen molar-refractivity contribution >= 4 is 5.97 Å². The zero-order chi connectivity index (χ0) is 13.4. The SMILES string of the molecule is CC.COC(=O)c1ccccc1-c1cccnc1. The van der Waals surface area contributed by atoms with Crippen LogP contribution < -0.4 is 0 Å². The van der Waals surface area contributed by atoms with Gasteiger partial charge in [0, 0.05) is 18.0 Å². The van der Waals surface area contributed by atoms with Crippen molar-refractivity contribution in [1.82, 2.24) is 4.98 Å². The van der Waals surface area contributed by atoms with E-state index in [-0.39, 0.29) is 5.97 Å². The number of hydrogen-bond donors (Lipinski definition) is 0. The zero-order valence-corrected chi connectivity index (χ0v) is 10.9. The van der Waals surface area contributed by atoms with Crippen LogP contribution in [0.5, 0.6) is 0 Å². The van der Waals surface area contributed by atoms with E-state index in [1.54, 1.807) is 18.5 Å². The molecule has 0 spiro atoms. The van der Waals surface area contributed by atoms with E-state index < -0.39 is 0 Å². The lowest BCUT2D eigenvalue weighted by atomic mass is 10.0. The minimum atomic E-state index is -0.334. The summed E-state index contributed by atoms with van der Waals surface area (Å²) in [5.74, 6) is -0.334. The van der Waals surface area contributed by atoms with E-state index in [1.807, 2.05) is 44.2 Å². The number of carbonyl (C=O) groups is 1. The molecule has 0 saturated carbocycles. The first-order valence-corrected chi connectivity index (χ1v) is 5.90. The van der Waals surface area contributed by atoms with Crippen molar-refractivity contribution in [3.05, 3.63) is 54.4 Å². The Kier molecular flexibility index (Phi) is 5.58. The Morgan fingerprint density at radius 3 is 2.44 bits per heavy atom. The number of benzene rings is 1. The molecule has 0 aliphatic heterocycles. The maximum absolute atomic E-state index is 11.6. The molecule has 0 aliphatic rings. The van der Waals surface area contributed by atoms with E-state index in [2.05, 4.69) is 4.98 Å². The number of carbonyl (C=O) groups excluding carboxylic acids is 1. The van der Waals surface area contributed by atoms with Gasteiger partial charge in [-0.3, -0.25) is 4.98 Å². The molecule has 3 heteroatoms. The lowest BCUT2D eigenvalue weighted by molar-refractivity contribution is 0.0601. The third-order valence-electron chi connectivity index (χ3n) is 2.30. The highest BCUT2D eigenvalue weighted by Gasteiger charge is 2.11. The highest BCUT2D eigenvalue weighted by molar-refractivity contribution is 5.97. The molecule has 18 heavy (non-hydrogen) atoms. The maximum atomic E-state index is 11.6. The standard InChI is InChI=1S/C13H11NO2.C2H6/c1-16-13(15)12-7-3-2-6-11(12)10-5-4-8-14-9-10;1-2/h2-9H,1H3;1-2H3. The van der Waals surface area contributed by atoms with Crippen LogP contribution in [0.2, 0.25) is 0 Å². The fraction of sp³-hybridized carbons (Fsp3) is 0.200. The van der Waals surface area contributed by atoms with Crippen molar-refractivity contribution in [2.75, 3.05) is 7.11 Å². The summed E-state index contributed by atoms with van der Waals surface area (Å²) in [4.78, 5) is 15.6. The van der Waals surface area contributed by atoms with Crippen molar-refractivity contribution < 1.29 is 9.53 Å². The van der Waals surface area contributed by atoms with Gasteiger partial charge in [-0.15, -0.1) is 0 Å². The molecule has 0 fully saturated rings. The average molecular weight is 243 g/mol. The molecule has 0 amide bonds. The Morgan fingerprint density at radius 1 is 1.11 bits per heavy atom. The minimum absolute atomic E-state index is 0.334. The molecule has 1 aromatic carbocycles. The van der Waals surface area contributed by atoms with Crippen LogP contribution in [-0.2, 0) is 4.74 Å². The molecule has 0 atom stereocenters. The first-order valence-electron chi connectivity index (χ1n) is 5.90. The van der Waals surface area contributed by atoms with Crippen LogP contribution in [-0.4, -0.2) is 18.1 Å². The van der Waals surface area contributed by atoms with Crippen molar-refractivity contribution in [3.8, 4) is 11.1 Å². The van der Waals surface area contributed by atoms with Gasteiger partial charge in [0.05, 0.1) is 12.7 Å². The van der Waals surface area contributed by atoms with Crippen molar-refractivity contribution in [2.45, 2.75) is 13.8 Å². The quantitative estimate of drug-likeness (QED) is 0.757. The van der Waals surface area contributed by atoms with Gasteiger partial charge in [0.15, 0.2) is 0 Å². The van der Waals surface area contributed by atoms with Gasteiger partial charge in [0.1, 0.15) is 0 Å². The molecule has 0 saturated heterocycles. The predicted molar refractivity (Wildman–Crippen MR) is 72.4 cm³/mol. The normalized spacial score (nSPS) is 9.06. The van der Waals surface area contributed by atoms with Gasteiger partial charge in [0.25, 0.3) is 0 Å². The van der Waals surface area contributed by atoms with Crippen LogP contribution >= 0.6 is 0 Å². The van der Waals surface area contributed by atoms with E-state index in [9.17, 15) is 4.79 Å². The second-order valence-corrected chi connectivity index (χ2v) is 3.28. The topological polar surface area (TPSA) is 39.2 Å². The molecule has 1 heterocycles. The van der Waals surface area contributed by atoms with E-state index in [0.717, 1.165) is 11.1 Å². The number of ether oxygens (including phenoxy) is 1. The molecule has 0 N–H and O–H groups in total. The maximum Gasteiger partial charge on any atom is 0.338 e. The number of aromatic nitrogens is 1. The van der Waals surface area contributed by atoms with Crippen LogP contribution in [0.15, 0.2) is 48.8 Å². The lowest BCUT2D eigenvalue weighted by Crippen LogP contribution is -2.03. The molecule has 0 unspecified atom stereocenters. The minimum Gasteiger partial charge on any atom is -0.465 e. The van der Waals surface area contributed by atoms with E-state index in [0.29, 0.717) is 5.56 Å². The summed E-state index contributed by atoms with van der Waals surface area (Å²) in [6.45, 7) is 4.00. The van der Waals surface area contributed by atoms with Gasteiger partial charge in [0.2, 0.25) is 0 Å². The summed E-state index contributed by atoms with van der Waals surface area (Å²) in [7, 11) is 1.38. The molecular weight excluding hydrogens is 226 g/mol. The average Bonchev–Trinajstić information content (AvgIpc) is 2.49. The summed E-state index contributed by atoms with van der Waals surface area (Å²) in [6.07, 6.45) is 3.42. The summed E-state index contributed by atoms with van der Waals surface area (Å²) < 4.78 is 4.74. The third-order valence-corrected chi connectivity index (χ3v) is 2.30. The number of pyridine rings is 1. The largest absolute Gasteiger partial charge is 0.465 e. The number of esters is 1. The van der Waals surface area contributed by atoms with E-state index in [4.69, 9.17) is 4.74 Å². The predicted octanol–water partition coefficient (Wildman–Crippen LogP) is 3.56. The van der Waals surface area contributed by atoms with Gasteiger partial charge in [-0.05, 0) is 17.7 Å². The molecule has 3 nitrogen and oxygen atoms in total. The highest BCUT2D eigenvalue weighted by Crippen LogP contribution is 2.22. The molecule has 0 bridgehead atoms. The summed E-state index contributed by atoms with van der Waals surface area (Å²) in [6, 6.07) is 11.1. The van der Waals surface area contributed by atoms with Gasteiger partial charge in [-0.25, -0.2) is 4.79 Å².